The third kappa shape index (κ3) is 1.54. The van der Waals surface area contributed by atoms with Gasteiger partial charge in [-0.05, 0) is 34.6 Å². The zero-order valence-electron chi connectivity index (χ0n) is 8.47. The van der Waals surface area contributed by atoms with Crippen molar-refractivity contribution in [3.63, 3.8) is 0 Å². The van der Waals surface area contributed by atoms with Gasteiger partial charge in [0.05, 0.1) is 5.69 Å². The van der Waals surface area contributed by atoms with Crippen molar-refractivity contribution in [2.24, 2.45) is 0 Å². The molecule has 2 nitrogen and oxygen atoms in total. The smallest absolute Gasteiger partial charge is 0.126 e. The number of rotatable bonds is 0. The molecule has 0 amide bonds. The summed E-state index contributed by atoms with van der Waals surface area (Å²) in [5, 5.41) is 0. The van der Waals surface area contributed by atoms with Crippen molar-refractivity contribution in [2.75, 3.05) is 0 Å². The molecule has 0 aromatic carbocycles. The minimum absolute atomic E-state index is 0.127. The average Bonchev–Trinajstić information content (AvgIpc) is 2.05. The van der Waals surface area contributed by atoms with E-state index in [0.29, 0.717) is 0 Å². The number of nitrogens with zero attached hydrogens (tertiary/aromatic N) is 2. The van der Waals surface area contributed by atoms with Gasteiger partial charge in [-0.2, -0.15) is 0 Å². The summed E-state index contributed by atoms with van der Waals surface area (Å²) in [5.74, 6) is 0. The molecule has 0 aliphatic carbocycles. The van der Waals surface area contributed by atoms with Gasteiger partial charge in [-0.1, -0.05) is 9.24 Å². The molecule has 1 aromatic rings. The van der Waals surface area contributed by atoms with Crippen LogP contribution in [-0.4, -0.2) is 9.55 Å². The van der Waals surface area contributed by atoms with Crippen LogP contribution in [0.15, 0.2) is 0 Å². The predicted molar refractivity (Wildman–Crippen MR) is 56.0 cm³/mol. The van der Waals surface area contributed by atoms with E-state index in [4.69, 9.17) is 0 Å². The van der Waals surface area contributed by atoms with E-state index in [0.717, 1.165) is 11.3 Å². The van der Waals surface area contributed by atoms with Crippen molar-refractivity contribution < 1.29 is 0 Å². The highest BCUT2D eigenvalue weighted by molar-refractivity contribution is 7.26. The zero-order valence-corrected chi connectivity index (χ0v) is 9.63. The van der Waals surface area contributed by atoms with E-state index in [2.05, 4.69) is 46.5 Å². The molecule has 0 radical (unpaired) electrons. The highest BCUT2D eigenvalue weighted by atomic mass is 31.0. The van der Waals surface area contributed by atoms with Crippen molar-refractivity contribution in [2.45, 2.75) is 40.2 Å². The lowest BCUT2D eigenvalue weighted by Gasteiger charge is -2.24. The Morgan fingerprint density at radius 1 is 1.25 bits per heavy atom. The molecule has 12 heavy (non-hydrogen) atoms. The summed E-state index contributed by atoms with van der Waals surface area (Å²) in [7, 11) is 2.68. The molecule has 1 aromatic heterocycles. The number of hydrogen-bond donors (Lipinski definition) is 0. The van der Waals surface area contributed by atoms with Crippen molar-refractivity contribution in [1.29, 1.82) is 0 Å². The van der Waals surface area contributed by atoms with Crippen LogP contribution in [-0.2, 0) is 5.54 Å². The summed E-state index contributed by atoms with van der Waals surface area (Å²) >= 11 is 0. The Kier molecular flexibility index (Phi) is 2.31. The molecule has 0 saturated carbocycles. The molecule has 0 N–H and O–H groups in total. The maximum absolute atomic E-state index is 4.40. The Hall–Kier alpha value is -0.360. The molecule has 68 valence electrons. The van der Waals surface area contributed by atoms with E-state index in [-0.39, 0.29) is 5.54 Å². The molecule has 3 heteroatoms. The highest BCUT2D eigenvalue weighted by Gasteiger charge is 2.19. The first-order valence-electron chi connectivity index (χ1n) is 4.16. The monoisotopic (exact) mass is 184 g/mol. The van der Waals surface area contributed by atoms with Crippen molar-refractivity contribution in [3.8, 4) is 0 Å². The summed E-state index contributed by atoms with van der Waals surface area (Å²) in [4.78, 5) is 4.40. The van der Waals surface area contributed by atoms with Gasteiger partial charge in [-0.15, -0.1) is 0 Å². The summed E-state index contributed by atoms with van der Waals surface area (Å²) in [6.45, 7) is 10.7. The molecule has 0 bridgehead atoms. The topological polar surface area (TPSA) is 17.8 Å². The number of hydrogen-bond acceptors (Lipinski definition) is 1. The van der Waals surface area contributed by atoms with Gasteiger partial charge in [-0.25, -0.2) is 4.98 Å². The van der Waals surface area contributed by atoms with E-state index in [1.807, 2.05) is 6.92 Å². The molecule has 1 heterocycles. The van der Waals surface area contributed by atoms with E-state index < -0.39 is 0 Å². The van der Waals surface area contributed by atoms with E-state index in [9.17, 15) is 0 Å². The number of imidazole rings is 1. The van der Waals surface area contributed by atoms with E-state index >= 15 is 0 Å². The lowest BCUT2D eigenvalue weighted by molar-refractivity contribution is 0.399. The zero-order chi connectivity index (χ0) is 9.52. The van der Waals surface area contributed by atoms with Crippen LogP contribution in [0.2, 0.25) is 0 Å². The van der Waals surface area contributed by atoms with Crippen molar-refractivity contribution >= 4 is 14.8 Å². The largest absolute Gasteiger partial charge is 0.324 e. The maximum Gasteiger partial charge on any atom is 0.126 e. The SMILES string of the molecule is Cc1nc(P)n(C(C)(C)C)c1C. The molecule has 0 aliphatic heterocycles. The Morgan fingerprint density at radius 2 is 1.75 bits per heavy atom. The average molecular weight is 184 g/mol. The van der Waals surface area contributed by atoms with Crippen LogP contribution in [0.25, 0.3) is 0 Å². The Labute approximate surface area is 76.6 Å². The fourth-order valence-corrected chi connectivity index (χ4v) is 2.26. The van der Waals surface area contributed by atoms with E-state index in [1.54, 1.807) is 0 Å². The molecule has 1 rings (SSSR count). The van der Waals surface area contributed by atoms with Gasteiger partial charge in [0.15, 0.2) is 0 Å². The molecule has 0 saturated heterocycles. The maximum atomic E-state index is 4.40. The summed E-state index contributed by atoms with van der Waals surface area (Å²) in [6.07, 6.45) is 0. The summed E-state index contributed by atoms with van der Waals surface area (Å²) in [6, 6.07) is 0. The van der Waals surface area contributed by atoms with Gasteiger partial charge in [0.25, 0.3) is 0 Å². The third-order valence-electron chi connectivity index (χ3n) is 2.04. The van der Waals surface area contributed by atoms with Crippen LogP contribution in [0.5, 0.6) is 0 Å². The lowest BCUT2D eigenvalue weighted by Crippen LogP contribution is -2.30. The Bertz CT molecular complexity index is 294. The lowest BCUT2D eigenvalue weighted by atomic mass is 10.1. The third-order valence-corrected chi connectivity index (χ3v) is 2.43. The minimum Gasteiger partial charge on any atom is -0.324 e. The first-order chi connectivity index (χ1) is 5.34. The second-order valence-electron chi connectivity index (χ2n) is 4.15. The quantitative estimate of drug-likeness (QED) is 0.562. The van der Waals surface area contributed by atoms with Crippen molar-refractivity contribution in [3.05, 3.63) is 11.4 Å². The van der Waals surface area contributed by atoms with Crippen molar-refractivity contribution in [1.82, 2.24) is 9.55 Å². The fraction of sp³-hybridized carbons (Fsp3) is 0.667. The van der Waals surface area contributed by atoms with Gasteiger partial charge in [-0.3, -0.25) is 0 Å². The standard InChI is InChI=1S/C9H17N2P/c1-6-7(2)11(8(12)10-6)9(3,4)5/h12H2,1-5H3. The van der Waals surface area contributed by atoms with E-state index in [1.165, 1.54) is 5.69 Å². The minimum atomic E-state index is 0.127. The predicted octanol–water partition coefficient (Wildman–Crippen LogP) is 1.76. The van der Waals surface area contributed by atoms with Crippen LogP contribution in [0, 0.1) is 13.8 Å². The molecule has 1 unspecified atom stereocenters. The molecular formula is C9H17N2P. The van der Waals surface area contributed by atoms with Gasteiger partial charge >= 0.3 is 0 Å². The molecule has 0 aliphatic rings. The van der Waals surface area contributed by atoms with Crippen LogP contribution in [0.4, 0.5) is 0 Å². The van der Waals surface area contributed by atoms with Crippen LogP contribution in [0.3, 0.4) is 0 Å². The fourth-order valence-electron chi connectivity index (χ4n) is 1.48. The first-order valence-corrected chi connectivity index (χ1v) is 4.73. The van der Waals surface area contributed by atoms with Crippen LogP contribution >= 0.6 is 9.24 Å². The summed E-state index contributed by atoms with van der Waals surface area (Å²) in [5.41, 5.74) is 3.53. The van der Waals surface area contributed by atoms with Gasteiger partial charge in [0.1, 0.15) is 5.57 Å². The first kappa shape index (κ1) is 9.73. The van der Waals surface area contributed by atoms with Crippen LogP contribution in [0.1, 0.15) is 32.2 Å². The Morgan fingerprint density at radius 3 is 1.92 bits per heavy atom. The van der Waals surface area contributed by atoms with Crippen LogP contribution < -0.4 is 5.57 Å². The second kappa shape index (κ2) is 2.85. The van der Waals surface area contributed by atoms with Gasteiger partial charge < -0.3 is 4.57 Å². The molecule has 0 spiro atoms. The normalized spacial score (nSPS) is 12.2. The second-order valence-corrected chi connectivity index (χ2v) is 4.66. The van der Waals surface area contributed by atoms with Gasteiger partial charge in [0.2, 0.25) is 0 Å². The number of aryl methyl sites for hydroxylation is 1. The molecule has 1 atom stereocenters. The van der Waals surface area contributed by atoms with Gasteiger partial charge in [0, 0.05) is 11.2 Å². The Balaban J connectivity index is 3.32. The summed E-state index contributed by atoms with van der Waals surface area (Å²) < 4.78 is 2.24. The highest BCUT2D eigenvalue weighted by Crippen LogP contribution is 2.17. The molecule has 0 fully saturated rings. The number of aromatic nitrogens is 2. The molecular weight excluding hydrogens is 167 g/mol.